The number of hydrogen-bond acceptors (Lipinski definition) is 5. The molecule has 6 nitrogen and oxygen atoms in total. The van der Waals surface area contributed by atoms with Gasteiger partial charge in [0.1, 0.15) is 0 Å². The molecule has 25 heavy (non-hydrogen) atoms. The van der Waals surface area contributed by atoms with E-state index in [9.17, 15) is 9.59 Å². The Labute approximate surface area is 145 Å². The van der Waals surface area contributed by atoms with E-state index in [0.29, 0.717) is 12.8 Å². The first kappa shape index (κ1) is 17.1. The van der Waals surface area contributed by atoms with E-state index < -0.39 is 24.5 Å². The maximum Gasteiger partial charge on any atom is 0.507 e. The zero-order valence-electron chi connectivity index (χ0n) is 13.6. The van der Waals surface area contributed by atoms with Crippen molar-refractivity contribution < 1.29 is 19.4 Å². The number of rotatable bonds is 5. The van der Waals surface area contributed by atoms with Crippen LogP contribution in [-0.2, 0) is 22.4 Å². The normalized spacial score (nSPS) is 20.4. The fourth-order valence-corrected chi connectivity index (χ4v) is 3.15. The quantitative estimate of drug-likeness (QED) is 0.720. The van der Waals surface area contributed by atoms with Crippen LogP contribution in [0.25, 0.3) is 0 Å². The van der Waals surface area contributed by atoms with Crippen LogP contribution >= 0.6 is 0 Å². The van der Waals surface area contributed by atoms with E-state index in [1.807, 2.05) is 54.6 Å². The van der Waals surface area contributed by atoms with Gasteiger partial charge >= 0.3 is 6.16 Å². The molecule has 0 saturated heterocycles. The summed E-state index contributed by atoms with van der Waals surface area (Å²) in [6, 6.07) is 15.6. The van der Waals surface area contributed by atoms with Gasteiger partial charge in [0.25, 0.3) is 0 Å². The van der Waals surface area contributed by atoms with Crippen LogP contribution in [0.2, 0.25) is 0 Å². The standard InChI is InChI=1S/C19H20N2O4/c20-15(10-12-6-2-1-3-7-12)18(22)17-14-9-5-4-8-13(14)11-16(21-17)25-19(23)24/h1-9,15-17,21H,10-11,20H2,(H,23,24)/t15-,16?,17?/m0/s1. The minimum absolute atomic E-state index is 0.185. The van der Waals surface area contributed by atoms with Crippen LogP contribution in [0.15, 0.2) is 54.6 Å². The number of ether oxygens (including phenoxy) is 1. The number of ketones is 1. The molecule has 0 spiro atoms. The molecule has 2 aromatic carbocycles. The second kappa shape index (κ2) is 7.46. The molecule has 0 amide bonds. The Morgan fingerprint density at radius 1 is 1.16 bits per heavy atom. The first-order valence-electron chi connectivity index (χ1n) is 8.11. The predicted octanol–water partition coefficient (Wildman–Crippen LogP) is 2.03. The lowest BCUT2D eigenvalue weighted by molar-refractivity contribution is -0.124. The summed E-state index contributed by atoms with van der Waals surface area (Å²) in [6.45, 7) is 0. The summed E-state index contributed by atoms with van der Waals surface area (Å²) in [5.41, 5.74) is 8.82. The van der Waals surface area contributed by atoms with Crippen molar-refractivity contribution in [2.75, 3.05) is 0 Å². The lowest BCUT2D eigenvalue weighted by Gasteiger charge is -2.32. The zero-order valence-corrected chi connectivity index (χ0v) is 13.6. The highest BCUT2D eigenvalue weighted by Gasteiger charge is 2.34. The molecule has 0 aromatic heterocycles. The van der Waals surface area contributed by atoms with E-state index in [-0.39, 0.29) is 5.78 Å². The Hall–Kier alpha value is -2.70. The van der Waals surface area contributed by atoms with Gasteiger partial charge in [-0.05, 0) is 23.1 Å². The van der Waals surface area contributed by atoms with Gasteiger partial charge in [-0.2, -0.15) is 0 Å². The molecule has 1 aliphatic rings. The number of carbonyl (C=O) groups is 2. The van der Waals surface area contributed by atoms with E-state index >= 15 is 0 Å². The monoisotopic (exact) mass is 340 g/mol. The minimum atomic E-state index is -1.38. The summed E-state index contributed by atoms with van der Waals surface area (Å²) >= 11 is 0. The van der Waals surface area contributed by atoms with Crippen molar-refractivity contribution in [3.63, 3.8) is 0 Å². The van der Waals surface area contributed by atoms with Crippen molar-refractivity contribution >= 4 is 11.9 Å². The summed E-state index contributed by atoms with van der Waals surface area (Å²) < 4.78 is 4.84. The molecule has 0 bridgehead atoms. The summed E-state index contributed by atoms with van der Waals surface area (Å²) in [7, 11) is 0. The van der Waals surface area contributed by atoms with Gasteiger partial charge in [-0.25, -0.2) is 4.79 Å². The first-order valence-corrected chi connectivity index (χ1v) is 8.11. The molecule has 6 heteroatoms. The van der Waals surface area contributed by atoms with Crippen LogP contribution in [0.5, 0.6) is 0 Å². The molecule has 2 unspecified atom stereocenters. The third-order valence-electron chi connectivity index (χ3n) is 4.32. The van der Waals surface area contributed by atoms with E-state index in [4.69, 9.17) is 15.6 Å². The molecular weight excluding hydrogens is 320 g/mol. The molecule has 2 aromatic rings. The maximum absolute atomic E-state index is 12.9. The molecule has 1 aliphatic heterocycles. The van der Waals surface area contributed by atoms with Crippen molar-refractivity contribution in [2.24, 2.45) is 5.73 Å². The number of nitrogens with two attached hydrogens (primary N) is 1. The highest BCUT2D eigenvalue weighted by Crippen LogP contribution is 2.27. The number of Topliss-reactive ketones (excluding diaryl/α,β-unsaturated/α-hetero) is 1. The van der Waals surface area contributed by atoms with Gasteiger partial charge in [0.15, 0.2) is 12.0 Å². The molecule has 0 aliphatic carbocycles. The largest absolute Gasteiger partial charge is 0.507 e. The SMILES string of the molecule is N[C@@H](Cc1ccccc1)C(=O)C1NC(OC(=O)O)Cc2ccccc21. The molecule has 130 valence electrons. The van der Waals surface area contributed by atoms with E-state index in [0.717, 1.165) is 16.7 Å². The Morgan fingerprint density at radius 3 is 2.56 bits per heavy atom. The Kier molecular flexibility index (Phi) is 5.11. The molecular formula is C19H20N2O4. The van der Waals surface area contributed by atoms with Crippen molar-refractivity contribution in [1.29, 1.82) is 0 Å². The summed E-state index contributed by atoms with van der Waals surface area (Å²) in [5, 5.41) is 11.8. The molecule has 4 N–H and O–H groups in total. The van der Waals surface area contributed by atoms with Gasteiger partial charge in [0.2, 0.25) is 0 Å². The van der Waals surface area contributed by atoms with Gasteiger partial charge in [-0.3, -0.25) is 10.1 Å². The smallest absolute Gasteiger partial charge is 0.450 e. The van der Waals surface area contributed by atoms with Crippen LogP contribution in [0.4, 0.5) is 4.79 Å². The third-order valence-corrected chi connectivity index (χ3v) is 4.32. The Balaban J connectivity index is 1.81. The Morgan fingerprint density at radius 2 is 1.84 bits per heavy atom. The van der Waals surface area contributed by atoms with Crippen LogP contribution in [0.3, 0.4) is 0 Å². The number of hydrogen-bond donors (Lipinski definition) is 3. The number of nitrogens with one attached hydrogen (secondary N) is 1. The van der Waals surface area contributed by atoms with Crippen molar-refractivity contribution in [3.05, 3.63) is 71.3 Å². The average molecular weight is 340 g/mol. The molecule has 0 radical (unpaired) electrons. The first-order chi connectivity index (χ1) is 12.0. The predicted molar refractivity (Wildman–Crippen MR) is 92.0 cm³/mol. The second-order valence-electron chi connectivity index (χ2n) is 6.07. The highest BCUT2D eigenvalue weighted by molar-refractivity contribution is 5.90. The maximum atomic E-state index is 12.9. The van der Waals surface area contributed by atoms with Crippen molar-refractivity contribution in [3.8, 4) is 0 Å². The number of benzene rings is 2. The van der Waals surface area contributed by atoms with E-state index in [2.05, 4.69) is 5.32 Å². The van der Waals surface area contributed by atoms with Crippen LogP contribution in [0.1, 0.15) is 22.7 Å². The van der Waals surface area contributed by atoms with E-state index in [1.165, 1.54) is 0 Å². The number of carboxylic acid groups (broad SMARTS) is 1. The number of fused-ring (bicyclic) bond motifs is 1. The van der Waals surface area contributed by atoms with Gasteiger partial charge in [0, 0.05) is 6.42 Å². The third kappa shape index (κ3) is 4.04. The topological polar surface area (TPSA) is 102 Å². The summed E-state index contributed by atoms with van der Waals surface area (Å²) in [4.78, 5) is 23.8. The van der Waals surface area contributed by atoms with E-state index in [1.54, 1.807) is 0 Å². The summed E-state index contributed by atoms with van der Waals surface area (Å²) in [6.07, 6.45) is -1.35. The minimum Gasteiger partial charge on any atom is -0.450 e. The highest BCUT2D eigenvalue weighted by atomic mass is 16.7. The van der Waals surface area contributed by atoms with Gasteiger partial charge in [-0.1, -0.05) is 54.6 Å². The van der Waals surface area contributed by atoms with Crippen molar-refractivity contribution in [2.45, 2.75) is 31.2 Å². The summed E-state index contributed by atoms with van der Waals surface area (Å²) in [5.74, 6) is -0.185. The lowest BCUT2D eigenvalue weighted by Crippen LogP contribution is -2.49. The lowest BCUT2D eigenvalue weighted by atomic mass is 9.87. The fourth-order valence-electron chi connectivity index (χ4n) is 3.15. The Bertz CT molecular complexity index is 763. The molecule has 0 saturated carbocycles. The average Bonchev–Trinajstić information content (AvgIpc) is 2.60. The molecule has 3 rings (SSSR count). The molecule has 1 heterocycles. The van der Waals surface area contributed by atoms with Gasteiger partial charge in [-0.15, -0.1) is 0 Å². The number of carbonyl (C=O) groups excluding carboxylic acids is 1. The fraction of sp³-hybridized carbons (Fsp3) is 0.263. The second-order valence-corrected chi connectivity index (χ2v) is 6.07. The molecule has 0 fully saturated rings. The van der Waals surface area contributed by atoms with Crippen LogP contribution in [-0.4, -0.2) is 29.3 Å². The van der Waals surface area contributed by atoms with Gasteiger partial charge in [0.05, 0.1) is 12.1 Å². The zero-order chi connectivity index (χ0) is 17.8. The van der Waals surface area contributed by atoms with Crippen LogP contribution in [0, 0.1) is 0 Å². The van der Waals surface area contributed by atoms with Crippen molar-refractivity contribution in [1.82, 2.24) is 5.32 Å². The molecule has 3 atom stereocenters. The van der Waals surface area contributed by atoms with Gasteiger partial charge < -0.3 is 15.6 Å². The van der Waals surface area contributed by atoms with Crippen LogP contribution < -0.4 is 11.1 Å².